The fourth-order valence-corrected chi connectivity index (χ4v) is 3.06. The molecule has 0 aliphatic rings. The molecule has 3 nitrogen and oxygen atoms in total. The van der Waals surface area contributed by atoms with Crippen LogP contribution in [-0.2, 0) is 0 Å². The number of H-pyrrole nitrogens is 1. The summed E-state index contributed by atoms with van der Waals surface area (Å²) in [5.74, 6) is 1.18. The Bertz CT molecular complexity index is 648. The van der Waals surface area contributed by atoms with Crippen LogP contribution in [0, 0.1) is 13.8 Å². The predicted octanol–water partition coefficient (Wildman–Crippen LogP) is 4.00. The van der Waals surface area contributed by atoms with Crippen molar-refractivity contribution in [2.75, 3.05) is 19.1 Å². The van der Waals surface area contributed by atoms with Gasteiger partial charge >= 0.3 is 0 Å². The number of rotatable bonds is 5. The molecule has 0 radical (unpaired) electrons. The van der Waals surface area contributed by atoms with Crippen LogP contribution < -0.4 is 0 Å². The highest BCUT2D eigenvalue weighted by molar-refractivity contribution is 7.98. The van der Waals surface area contributed by atoms with Gasteiger partial charge in [-0.25, -0.2) is 0 Å². The van der Waals surface area contributed by atoms with Crippen molar-refractivity contribution in [2.24, 2.45) is 0 Å². The summed E-state index contributed by atoms with van der Waals surface area (Å²) in [7, 11) is 1.90. The number of fused-ring (bicyclic) bond motifs is 1. The lowest BCUT2D eigenvalue weighted by molar-refractivity contribution is 0.0741. The second-order valence-corrected chi connectivity index (χ2v) is 6.67. The van der Waals surface area contributed by atoms with Crippen molar-refractivity contribution in [3.05, 3.63) is 35.0 Å². The molecule has 0 saturated heterocycles. The van der Waals surface area contributed by atoms with E-state index in [9.17, 15) is 4.79 Å². The second kappa shape index (κ2) is 6.56. The van der Waals surface area contributed by atoms with E-state index < -0.39 is 0 Å². The van der Waals surface area contributed by atoms with Crippen LogP contribution in [0.1, 0.15) is 35.0 Å². The number of amides is 1. The number of aromatic nitrogens is 1. The van der Waals surface area contributed by atoms with Crippen molar-refractivity contribution in [2.45, 2.75) is 33.2 Å². The molecular formula is C17H24N2OS. The number of carbonyl (C=O) groups is 1. The van der Waals surface area contributed by atoms with E-state index in [1.165, 1.54) is 5.56 Å². The molecular weight excluding hydrogens is 280 g/mol. The zero-order chi connectivity index (χ0) is 15.6. The molecule has 114 valence electrons. The standard InChI is InChI=1S/C17H24N2OS/c1-11(8-9-21-5)19(4)17(20)14-6-7-16-15(10-14)12(2)13(3)18-16/h6-7,10-11,18H,8-9H2,1-5H3. The van der Waals surface area contributed by atoms with Crippen molar-refractivity contribution in [1.82, 2.24) is 9.88 Å². The summed E-state index contributed by atoms with van der Waals surface area (Å²) in [4.78, 5) is 17.8. The van der Waals surface area contributed by atoms with Crippen LogP contribution in [0.4, 0.5) is 0 Å². The number of nitrogens with zero attached hydrogens (tertiary/aromatic N) is 1. The number of hydrogen-bond donors (Lipinski definition) is 1. The van der Waals surface area contributed by atoms with E-state index in [-0.39, 0.29) is 11.9 Å². The van der Waals surface area contributed by atoms with Gasteiger partial charge in [-0.05, 0) is 63.0 Å². The molecule has 0 aliphatic carbocycles. The molecule has 0 aliphatic heterocycles. The highest BCUT2D eigenvalue weighted by Crippen LogP contribution is 2.23. The van der Waals surface area contributed by atoms with Gasteiger partial charge in [0, 0.05) is 35.2 Å². The van der Waals surface area contributed by atoms with Gasteiger partial charge in [-0.2, -0.15) is 11.8 Å². The van der Waals surface area contributed by atoms with Gasteiger partial charge in [-0.3, -0.25) is 4.79 Å². The zero-order valence-electron chi connectivity index (χ0n) is 13.5. The van der Waals surface area contributed by atoms with Gasteiger partial charge in [0.05, 0.1) is 0 Å². The van der Waals surface area contributed by atoms with Crippen LogP contribution in [0.2, 0.25) is 0 Å². The van der Waals surface area contributed by atoms with Crippen LogP contribution in [0.5, 0.6) is 0 Å². The number of benzene rings is 1. The minimum atomic E-state index is 0.101. The number of hydrogen-bond acceptors (Lipinski definition) is 2. The molecule has 1 aromatic heterocycles. The van der Waals surface area contributed by atoms with Crippen LogP contribution in [0.25, 0.3) is 10.9 Å². The first-order valence-corrected chi connectivity index (χ1v) is 8.70. The summed E-state index contributed by atoms with van der Waals surface area (Å²) < 4.78 is 0. The molecule has 1 unspecified atom stereocenters. The zero-order valence-corrected chi connectivity index (χ0v) is 14.3. The first kappa shape index (κ1) is 16.0. The molecule has 1 aromatic carbocycles. The number of carbonyl (C=O) groups excluding carboxylic acids is 1. The van der Waals surface area contributed by atoms with Crippen LogP contribution >= 0.6 is 11.8 Å². The first-order chi connectivity index (χ1) is 9.95. The summed E-state index contributed by atoms with van der Waals surface area (Å²) in [5.41, 5.74) is 4.25. The highest BCUT2D eigenvalue weighted by Gasteiger charge is 2.18. The SMILES string of the molecule is CSCCC(C)N(C)C(=O)c1ccc2[nH]c(C)c(C)c2c1. The number of aromatic amines is 1. The molecule has 0 bridgehead atoms. The molecule has 0 saturated carbocycles. The summed E-state index contributed by atoms with van der Waals surface area (Å²) >= 11 is 1.82. The van der Waals surface area contributed by atoms with Crippen LogP contribution in [0.15, 0.2) is 18.2 Å². The Morgan fingerprint density at radius 3 is 2.76 bits per heavy atom. The van der Waals surface area contributed by atoms with Gasteiger partial charge in [0.25, 0.3) is 5.91 Å². The molecule has 1 atom stereocenters. The van der Waals surface area contributed by atoms with Crippen molar-refractivity contribution in [3.8, 4) is 0 Å². The maximum atomic E-state index is 12.6. The lowest BCUT2D eigenvalue weighted by atomic mass is 10.1. The summed E-state index contributed by atoms with van der Waals surface area (Å²) in [6, 6.07) is 6.18. The van der Waals surface area contributed by atoms with E-state index in [0.29, 0.717) is 0 Å². The average molecular weight is 304 g/mol. The summed E-state index contributed by atoms with van der Waals surface area (Å²) in [6.45, 7) is 6.26. The number of aryl methyl sites for hydroxylation is 2. The van der Waals surface area contributed by atoms with E-state index in [4.69, 9.17) is 0 Å². The highest BCUT2D eigenvalue weighted by atomic mass is 32.2. The smallest absolute Gasteiger partial charge is 0.253 e. The molecule has 2 aromatic rings. The van der Waals surface area contributed by atoms with E-state index in [1.807, 2.05) is 41.9 Å². The van der Waals surface area contributed by atoms with Gasteiger partial charge in [0.2, 0.25) is 0 Å². The minimum absolute atomic E-state index is 0.101. The second-order valence-electron chi connectivity index (χ2n) is 5.68. The van der Waals surface area contributed by atoms with Gasteiger partial charge in [-0.15, -0.1) is 0 Å². The van der Waals surface area contributed by atoms with E-state index in [2.05, 4.69) is 32.0 Å². The molecule has 0 fully saturated rings. The van der Waals surface area contributed by atoms with Gasteiger partial charge in [0.1, 0.15) is 0 Å². The maximum absolute atomic E-state index is 12.6. The molecule has 1 amide bonds. The first-order valence-electron chi connectivity index (χ1n) is 7.30. The van der Waals surface area contributed by atoms with Crippen molar-refractivity contribution >= 4 is 28.6 Å². The minimum Gasteiger partial charge on any atom is -0.358 e. The van der Waals surface area contributed by atoms with E-state index in [0.717, 1.165) is 34.3 Å². The molecule has 0 spiro atoms. The van der Waals surface area contributed by atoms with Crippen LogP contribution in [0.3, 0.4) is 0 Å². The molecule has 21 heavy (non-hydrogen) atoms. The number of nitrogens with one attached hydrogen (secondary N) is 1. The number of thioether (sulfide) groups is 1. The molecule has 2 rings (SSSR count). The third-order valence-corrected chi connectivity index (χ3v) is 4.92. The fourth-order valence-electron chi connectivity index (χ4n) is 2.48. The lowest BCUT2D eigenvalue weighted by Crippen LogP contribution is -2.35. The summed E-state index contributed by atoms with van der Waals surface area (Å²) in [6.07, 6.45) is 3.12. The monoisotopic (exact) mass is 304 g/mol. The fraction of sp³-hybridized carbons (Fsp3) is 0.471. The molecule has 1 heterocycles. The van der Waals surface area contributed by atoms with Crippen molar-refractivity contribution < 1.29 is 4.79 Å². The Hall–Kier alpha value is -1.42. The van der Waals surface area contributed by atoms with Gasteiger partial charge in [-0.1, -0.05) is 0 Å². The third kappa shape index (κ3) is 3.26. The quantitative estimate of drug-likeness (QED) is 0.906. The van der Waals surface area contributed by atoms with E-state index >= 15 is 0 Å². The average Bonchev–Trinajstić information content (AvgIpc) is 2.77. The van der Waals surface area contributed by atoms with Crippen LogP contribution in [-0.4, -0.2) is 40.9 Å². The Balaban J connectivity index is 2.24. The Morgan fingerprint density at radius 1 is 1.38 bits per heavy atom. The summed E-state index contributed by atoms with van der Waals surface area (Å²) in [5, 5.41) is 1.14. The Morgan fingerprint density at radius 2 is 2.10 bits per heavy atom. The topological polar surface area (TPSA) is 36.1 Å². The van der Waals surface area contributed by atoms with Gasteiger partial charge < -0.3 is 9.88 Å². The normalized spacial score (nSPS) is 12.6. The molecule has 4 heteroatoms. The molecule has 1 N–H and O–H groups in total. The largest absolute Gasteiger partial charge is 0.358 e. The predicted molar refractivity (Wildman–Crippen MR) is 92.3 cm³/mol. The van der Waals surface area contributed by atoms with E-state index in [1.54, 1.807) is 0 Å². The Labute approximate surface area is 131 Å². The third-order valence-electron chi connectivity index (χ3n) is 4.28. The van der Waals surface area contributed by atoms with Crippen molar-refractivity contribution in [1.29, 1.82) is 0 Å². The maximum Gasteiger partial charge on any atom is 0.253 e. The van der Waals surface area contributed by atoms with Gasteiger partial charge in [0.15, 0.2) is 0 Å². The Kier molecular flexibility index (Phi) is 4.99. The lowest BCUT2D eigenvalue weighted by Gasteiger charge is -2.25. The van der Waals surface area contributed by atoms with Crippen molar-refractivity contribution in [3.63, 3.8) is 0 Å².